The molecule has 1 unspecified atom stereocenters. The summed E-state index contributed by atoms with van der Waals surface area (Å²) in [5, 5.41) is 3.47. The van der Waals surface area contributed by atoms with Crippen molar-refractivity contribution in [2.24, 2.45) is 5.92 Å². The van der Waals surface area contributed by atoms with Crippen LogP contribution in [0.5, 0.6) is 0 Å². The summed E-state index contributed by atoms with van der Waals surface area (Å²) in [6.07, 6.45) is 8.77. The lowest BCUT2D eigenvalue weighted by Crippen LogP contribution is -2.14. The van der Waals surface area contributed by atoms with E-state index in [2.05, 4.69) is 60.8 Å². The van der Waals surface area contributed by atoms with E-state index in [9.17, 15) is 0 Å². The molecule has 15 heavy (non-hydrogen) atoms. The van der Waals surface area contributed by atoms with Gasteiger partial charge in [0, 0.05) is 17.3 Å². The van der Waals surface area contributed by atoms with Crippen molar-refractivity contribution in [3.63, 3.8) is 0 Å². The van der Waals surface area contributed by atoms with Crippen LogP contribution in [0.2, 0.25) is 0 Å². The molecule has 0 saturated carbocycles. The Morgan fingerprint density at radius 1 is 1.20 bits per heavy atom. The first-order valence-electron chi connectivity index (χ1n) is 5.31. The van der Waals surface area contributed by atoms with Gasteiger partial charge in [-0.1, -0.05) is 37.3 Å². The second kappa shape index (κ2) is 3.13. The van der Waals surface area contributed by atoms with Gasteiger partial charge in [0.05, 0.1) is 0 Å². The number of anilines is 1. The summed E-state index contributed by atoms with van der Waals surface area (Å²) in [6.45, 7) is 2.23. The lowest BCUT2D eigenvalue weighted by Gasteiger charge is -2.26. The Labute approximate surface area is 89.8 Å². The van der Waals surface area contributed by atoms with E-state index >= 15 is 0 Å². The van der Waals surface area contributed by atoms with Crippen molar-refractivity contribution in [2.45, 2.75) is 6.92 Å². The molecule has 1 aromatic rings. The largest absolute Gasteiger partial charge is 0.355 e. The third-order valence-electron chi connectivity index (χ3n) is 3.01. The summed E-state index contributed by atoms with van der Waals surface area (Å²) in [5.74, 6) is 0.505. The molecule has 0 bridgehead atoms. The van der Waals surface area contributed by atoms with Gasteiger partial charge in [0.25, 0.3) is 0 Å². The van der Waals surface area contributed by atoms with Crippen LogP contribution in [-0.2, 0) is 0 Å². The first-order chi connectivity index (χ1) is 7.34. The van der Waals surface area contributed by atoms with Gasteiger partial charge >= 0.3 is 0 Å². The van der Waals surface area contributed by atoms with Gasteiger partial charge < -0.3 is 5.32 Å². The zero-order valence-electron chi connectivity index (χ0n) is 8.70. The molecule has 2 aliphatic rings. The molecule has 0 amide bonds. The summed E-state index contributed by atoms with van der Waals surface area (Å²) >= 11 is 0. The van der Waals surface area contributed by atoms with Crippen molar-refractivity contribution in [3.05, 3.63) is 59.3 Å². The number of hydrogen-bond donors (Lipinski definition) is 1. The zero-order valence-corrected chi connectivity index (χ0v) is 8.70. The molecule has 74 valence electrons. The van der Waals surface area contributed by atoms with Crippen molar-refractivity contribution in [1.29, 1.82) is 0 Å². The predicted molar refractivity (Wildman–Crippen MR) is 64.4 cm³/mol. The SMILES string of the molecule is CC1C=CC=C2Nc3ccccc3C=C21. The van der Waals surface area contributed by atoms with Crippen LogP contribution in [0.4, 0.5) is 5.69 Å². The fourth-order valence-corrected chi connectivity index (χ4v) is 2.14. The second-order valence-electron chi connectivity index (χ2n) is 4.07. The quantitative estimate of drug-likeness (QED) is 0.667. The molecular weight excluding hydrogens is 182 g/mol. The Kier molecular flexibility index (Phi) is 1.78. The van der Waals surface area contributed by atoms with E-state index in [0.29, 0.717) is 5.92 Å². The molecule has 1 N–H and O–H groups in total. The monoisotopic (exact) mass is 195 g/mol. The van der Waals surface area contributed by atoms with Crippen LogP contribution in [0, 0.1) is 5.92 Å². The minimum atomic E-state index is 0.505. The Morgan fingerprint density at radius 3 is 3.00 bits per heavy atom. The molecule has 1 atom stereocenters. The maximum Gasteiger partial charge on any atom is 0.0458 e. The fraction of sp³-hybridized carbons (Fsp3) is 0.143. The van der Waals surface area contributed by atoms with Crippen LogP contribution in [0.15, 0.2) is 53.8 Å². The van der Waals surface area contributed by atoms with Gasteiger partial charge in [-0.2, -0.15) is 0 Å². The van der Waals surface area contributed by atoms with Crippen LogP contribution in [0.25, 0.3) is 6.08 Å². The summed E-state index contributed by atoms with van der Waals surface area (Å²) in [5.41, 5.74) is 5.11. The van der Waals surface area contributed by atoms with Gasteiger partial charge in [-0.3, -0.25) is 0 Å². The standard InChI is InChI=1S/C14H13N/c1-10-5-4-8-14-12(10)9-11-6-2-3-7-13(11)15-14/h2-10,15H,1H3. The van der Waals surface area contributed by atoms with E-state index in [0.717, 1.165) is 0 Å². The highest BCUT2D eigenvalue weighted by atomic mass is 14.9. The summed E-state index contributed by atoms with van der Waals surface area (Å²) < 4.78 is 0. The van der Waals surface area contributed by atoms with Crippen molar-refractivity contribution in [1.82, 2.24) is 0 Å². The molecule has 0 aromatic heterocycles. The van der Waals surface area contributed by atoms with Crippen LogP contribution < -0.4 is 5.32 Å². The smallest absolute Gasteiger partial charge is 0.0458 e. The fourth-order valence-electron chi connectivity index (χ4n) is 2.14. The molecule has 1 heterocycles. The van der Waals surface area contributed by atoms with Gasteiger partial charge in [0.1, 0.15) is 0 Å². The van der Waals surface area contributed by atoms with E-state index in [1.54, 1.807) is 0 Å². The molecule has 0 fully saturated rings. The molecule has 0 spiro atoms. The number of rotatable bonds is 0. The molecule has 1 aliphatic heterocycles. The number of para-hydroxylation sites is 1. The van der Waals surface area contributed by atoms with Crippen molar-refractivity contribution in [2.75, 3.05) is 5.32 Å². The number of fused-ring (bicyclic) bond motifs is 2. The molecule has 1 nitrogen and oxygen atoms in total. The predicted octanol–water partition coefficient (Wildman–Crippen LogP) is 3.59. The third-order valence-corrected chi connectivity index (χ3v) is 3.01. The van der Waals surface area contributed by atoms with Crippen molar-refractivity contribution in [3.8, 4) is 0 Å². The molecule has 0 saturated heterocycles. The van der Waals surface area contributed by atoms with Gasteiger partial charge in [-0.15, -0.1) is 0 Å². The number of benzene rings is 1. The highest BCUT2D eigenvalue weighted by Gasteiger charge is 2.19. The molecular formula is C14H13N. The first kappa shape index (κ1) is 8.54. The van der Waals surface area contributed by atoms with Gasteiger partial charge in [-0.25, -0.2) is 0 Å². The first-order valence-corrected chi connectivity index (χ1v) is 5.31. The minimum absolute atomic E-state index is 0.505. The van der Waals surface area contributed by atoms with E-state index in [-0.39, 0.29) is 0 Å². The summed E-state index contributed by atoms with van der Waals surface area (Å²) in [4.78, 5) is 0. The van der Waals surface area contributed by atoms with E-state index in [1.165, 1.54) is 22.5 Å². The molecule has 1 heteroatoms. The van der Waals surface area contributed by atoms with Crippen LogP contribution in [0.3, 0.4) is 0 Å². The average molecular weight is 195 g/mol. The number of hydrogen-bond acceptors (Lipinski definition) is 1. The highest BCUT2D eigenvalue weighted by Crippen LogP contribution is 2.34. The Hall–Kier alpha value is -1.76. The Balaban J connectivity index is 2.16. The third kappa shape index (κ3) is 1.32. The Bertz CT molecular complexity index is 492. The minimum Gasteiger partial charge on any atom is -0.355 e. The van der Waals surface area contributed by atoms with Gasteiger partial charge in [-0.05, 0) is 29.4 Å². The average Bonchev–Trinajstić information content (AvgIpc) is 2.27. The van der Waals surface area contributed by atoms with E-state index < -0.39 is 0 Å². The normalized spacial score (nSPS) is 22.1. The maximum absolute atomic E-state index is 3.47. The number of nitrogens with one attached hydrogen (secondary N) is 1. The molecule has 1 aromatic carbocycles. The van der Waals surface area contributed by atoms with Crippen molar-refractivity contribution >= 4 is 11.8 Å². The van der Waals surface area contributed by atoms with Gasteiger partial charge in [0.15, 0.2) is 0 Å². The van der Waals surface area contributed by atoms with E-state index in [1.807, 2.05) is 0 Å². The lowest BCUT2D eigenvalue weighted by molar-refractivity contribution is 0.868. The van der Waals surface area contributed by atoms with Crippen LogP contribution >= 0.6 is 0 Å². The molecule has 3 rings (SSSR count). The summed E-state index contributed by atoms with van der Waals surface area (Å²) in [7, 11) is 0. The second-order valence-corrected chi connectivity index (χ2v) is 4.07. The topological polar surface area (TPSA) is 12.0 Å². The van der Waals surface area contributed by atoms with Crippen molar-refractivity contribution < 1.29 is 0 Å². The maximum atomic E-state index is 3.47. The van der Waals surface area contributed by atoms with Crippen LogP contribution in [-0.4, -0.2) is 0 Å². The lowest BCUT2D eigenvalue weighted by atomic mass is 9.89. The molecule has 0 radical (unpaired) electrons. The Morgan fingerprint density at radius 2 is 2.07 bits per heavy atom. The molecule has 1 aliphatic carbocycles. The van der Waals surface area contributed by atoms with E-state index in [4.69, 9.17) is 0 Å². The highest BCUT2D eigenvalue weighted by molar-refractivity contribution is 5.79. The van der Waals surface area contributed by atoms with Crippen LogP contribution in [0.1, 0.15) is 12.5 Å². The zero-order chi connectivity index (χ0) is 10.3. The van der Waals surface area contributed by atoms with Gasteiger partial charge in [0.2, 0.25) is 0 Å². The summed E-state index contributed by atoms with van der Waals surface area (Å²) in [6, 6.07) is 8.41. The number of allylic oxidation sites excluding steroid dienone is 4.